The van der Waals surface area contributed by atoms with Gasteiger partial charge in [0.15, 0.2) is 5.13 Å². The molecule has 0 atom stereocenters. The van der Waals surface area contributed by atoms with Gasteiger partial charge in [0.1, 0.15) is 0 Å². The number of aromatic nitrogens is 1. The summed E-state index contributed by atoms with van der Waals surface area (Å²) >= 11 is 1.61. The number of anilines is 1. The van der Waals surface area contributed by atoms with Gasteiger partial charge in [-0.05, 0) is 56.3 Å². The summed E-state index contributed by atoms with van der Waals surface area (Å²) in [6, 6.07) is 13.7. The van der Waals surface area contributed by atoms with Crippen LogP contribution in [0.2, 0.25) is 0 Å². The number of fused-ring (bicyclic) bond motifs is 1. The molecule has 0 bridgehead atoms. The highest BCUT2D eigenvalue weighted by Crippen LogP contribution is 2.32. The molecule has 0 saturated carbocycles. The zero-order chi connectivity index (χ0) is 19.4. The quantitative estimate of drug-likeness (QED) is 0.584. The van der Waals surface area contributed by atoms with Gasteiger partial charge in [-0.25, -0.2) is 4.98 Å². The van der Waals surface area contributed by atoms with Crippen LogP contribution in [0.15, 0.2) is 42.5 Å². The Labute approximate surface area is 165 Å². The second-order valence-corrected chi connectivity index (χ2v) is 7.75. The molecule has 142 valence electrons. The fourth-order valence-electron chi connectivity index (χ4n) is 3.28. The highest BCUT2D eigenvalue weighted by Gasteiger charge is 2.22. The van der Waals surface area contributed by atoms with Gasteiger partial charge < -0.3 is 4.90 Å². The summed E-state index contributed by atoms with van der Waals surface area (Å²) in [5.41, 5.74) is 4.08. The summed E-state index contributed by atoms with van der Waals surface area (Å²) in [6.45, 7) is 11.9. The SMILES string of the molecule is CCN(CC)CCN(C(=O)c1ccccc1)c1nc2cc(C)cc(C)c2s1. The van der Waals surface area contributed by atoms with Crippen LogP contribution in [-0.2, 0) is 0 Å². The summed E-state index contributed by atoms with van der Waals surface area (Å²) in [4.78, 5) is 22.2. The summed E-state index contributed by atoms with van der Waals surface area (Å²) in [7, 11) is 0. The van der Waals surface area contributed by atoms with Crippen LogP contribution in [0, 0.1) is 13.8 Å². The maximum absolute atomic E-state index is 13.2. The van der Waals surface area contributed by atoms with E-state index in [2.05, 4.69) is 44.7 Å². The summed E-state index contributed by atoms with van der Waals surface area (Å²) < 4.78 is 1.16. The van der Waals surface area contributed by atoms with Crippen LogP contribution >= 0.6 is 11.3 Å². The second kappa shape index (κ2) is 8.63. The van der Waals surface area contributed by atoms with E-state index in [1.165, 1.54) is 11.1 Å². The lowest BCUT2D eigenvalue weighted by atomic mass is 10.1. The van der Waals surface area contributed by atoms with E-state index in [0.29, 0.717) is 12.1 Å². The molecule has 5 heteroatoms. The molecule has 0 radical (unpaired) electrons. The Balaban J connectivity index is 1.98. The summed E-state index contributed by atoms with van der Waals surface area (Å²) in [6.07, 6.45) is 0. The molecular weight excluding hydrogens is 354 g/mol. The lowest BCUT2D eigenvalue weighted by molar-refractivity contribution is 0.0984. The third-order valence-electron chi connectivity index (χ3n) is 4.84. The van der Waals surface area contributed by atoms with Crippen molar-refractivity contribution < 1.29 is 4.79 Å². The van der Waals surface area contributed by atoms with E-state index in [1.54, 1.807) is 11.3 Å². The minimum Gasteiger partial charge on any atom is -0.302 e. The molecule has 1 heterocycles. The molecular formula is C22H27N3OS. The van der Waals surface area contributed by atoms with E-state index in [9.17, 15) is 4.79 Å². The fraction of sp³-hybridized carbons (Fsp3) is 0.364. The van der Waals surface area contributed by atoms with Crippen LogP contribution in [0.4, 0.5) is 5.13 Å². The first-order valence-corrected chi connectivity index (χ1v) is 10.3. The third-order valence-corrected chi connectivity index (χ3v) is 6.07. The Morgan fingerprint density at radius 2 is 1.74 bits per heavy atom. The van der Waals surface area contributed by atoms with Crippen molar-refractivity contribution in [3.63, 3.8) is 0 Å². The minimum atomic E-state index is 0.0104. The van der Waals surface area contributed by atoms with Crippen molar-refractivity contribution in [2.45, 2.75) is 27.7 Å². The second-order valence-electron chi connectivity index (χ2n) is 6.78. The monoisotopic (exact) mass is 381 g/mol. The van der Waals surface area contributed by atoms with Crippen LogP contribution in [0.1, 0.15) is 35.3 Å². The Morgan fingerprint density at radius 1 is 1.04 bits per heavy atom. The first kappa shape index (κ1) is 19.5. The Morgan fingerprint density at radius 3 is 2.41 bits per heavy atom. The largest absolute Gasteiger partial charge is 0.302 e. The standard InChI is InChI=1S/C22H27N3OS/c1-5-24(6-2)12-13-25(21(26)18-10-8-7-9-11-18)22-23-19-15-16(3)14-17(4)20(19)27-22/h7-11,14-15H,5-6,12-13H2,1-4H3. The number of nitrogens with zero attached hydrogens (tertiary/aromatic N) is 3. The molecule has 0 N–H and O–H groups in total. The van der Waals surface area contributed by atoms with Gasteiger partial charge in [0.25, 0.3) is 5.91 Å². The number of carbonyl (C=O) groups excluding carboxylic acids is 1. The minimum absolute atomic E-state index is 0.0104. The molecule has 0 saturated heterocycles. The molecule has 1 aromatic heterocycles. The van der Waals surface area contributed by atoms with Crippen LogP contribution in [0.5, 0.6) is 0 Å². The van der Waals surface area contributed by atoms with Gasteiger partial charge in [0.2, 0.25) is 0 Å². The van der Waals surface area contributed by atoms with E-state index >= 15 is 0 Å². The van der Waals surface area contributed by atoms with Gasteiger partial charge in [-0.3, -0.25) is 9.69 Å². The van der Waals surface area contributed by atoms with E-state index < -0.39 is 0 Å². The van der Waals surface area contributed by atoms with Crippen molar-refractivity contribution in [1.29, 1.82) is 0 Å². The van der Waals surface area contributed by atoms with Crippen molar-refractivity contribution >= 4 is 32.6 Å². The topological polar surface area (TPSA) is 36.4 Å². The molecule has 1 amide bonds. The number of hydrogen-bond donors (Lipinski definition) is 0. The van der Waals surface area contributed by atoms with Crippen LogP contribution in [0.3, 0.4) is 0 Å². The third kappa shape index (κ3) is 4.37. The van der Waals surface area contributed by atoms with Crippen molar-refractivity contribution in [1.82, 2.24) is 9.88 Å². The fourth-order valence-corrected chi connectivity index (χ4v) is 4.32. The molecule has 27 heavy (non-hydrogen) atoms. The molecule has 4 nitrogen and oxygen atoms in total. The smallest absolute Gasteiger partial charge is 0.260 e. The lowest BCUT2D eigenvalue weighted by Gasteiger charge is -2.24. The van der Waals surface area contributed by atoms with E-state index in [0.717, 1.165) is 35.0 Å². The molecule has 0 aliphatic carbocycles. The predicted molar refractivity (Wildman–Crippen MR) is 115 cm³/mol. The van der Waals surface area contributed by atoms with Crippen molar-refractivity contribution in [3.8, 4) is 0 Å². The number of benzene rings is 2. The number of hydrogen-bond acceptors (Lipinski definition) is 4. The maximum atomic E-state index is 13.2. The number of thiazole rings is 1. The highest BCUT2D eigenvalue weighted by atomic mass is 32.1. The van der Waals surface area contributed by atoms with Crippen molar-refractivity contribution in [2.24, 2.45) is 0 Å². The number of carbonyl (C=O) groups is 1. The normalized spacial score (nSPS) is 11.3. The molecule has 0 aliphatic rings. The van der Waals surface area contributed by atoms with E-state index in [-0.39, 0.29) is 5.91 Å². The molecule has 0 unspecified atom stereocenters. The van der Waals surface area contributed by atoms with E-state index in [4.69, 9.17) is 4.98 Å². The average molecular weight is 382 g/mol. The van der Waals surface area contributed by atoms with Gasteiger partial charge >= 0.3 is 0 Å². The van der Waals surface area contributed by atoms with Crippen LogP contribution in [0.25, 0.3) is 10.2 Å². The lowest BCUT2D eigenvalue weighted by Crippen LogP contribution is -2.38. The first-order valence-electron chi connectivity index (χ1n) is 9.50. The Kier molecular flexibility index (Phi) is 6.24. The number of likely N-dealkylation sites (N-methyl/N-ethyl adjacent to an activating group) is 1. The number of rotatable bonds is 7. The Hall–Kier alpha value is -2.24. The van der Waals surface area contributed by atoms with Crippen LogP contribution < -0.4 is 4.90 Å². The van der Waals surface area contributed by atoms with Crippen molar-refractivity contribution in [2.75, 3.05) is 31.1 Å². The van der Waals surface area contributed by atoms with Crippen LogP contribution in [-0.4, -0.2) is 42.0 Å². The summed E-state index contributed by atoms with van der Waals surface area (Å²) in [5, 5.41) is 0.778. The van der Waals surface area contributed by atoms with E-state index in [1.807, 2.05) is 35.2 Å². The van der Waals surface area contributed by atoms with Gasteiger partial charge in [-0.15, -0.1) is 0 Å². The Bertz CT molecular complexity index is 916. The summed E-state index contributed by atoms with van der Waals surface area (Å²) in [5.74, 6) is 0.0104. The molecule has 3 aromatic rings. The maximum Gasteiger partial charge on any atom is 0.260 e. The van der Waals surface area contributed by atoms with Gasteiger partial charge in [-0.1, -0.05) is 49.4 Å². The molecule has 0 aliphatic heterocycles. The zero-order valence-electron chi connectivity index (χ0n) is 16.5. The highest BCUT2D eigenvalue weighted by molar-refractivity contribution is 7.22. The predicted octanol–water partition coefficient (Wildman–Crippen LogP) is 4.90. The molecule has 2 aromatic carbocycles. The van der Waals surface area contributed by atoms with Gasteiger partial charge in [0, 0.05) is 18.7 Å². The molecule has 0 spiro atoms. The average Bonchev–Trinajstić information content (AvgIpc) is 3.09. The number of aryl methyl sites for hydroxylation is 2. The zero-order valence-corrected chi connectivity index (χ0v) is 17.3. The molecule has 0 fully saturated rings. The van der Waals surface area contributed by atoms with Gasteiger partial charge in [-0.2, -0.15) is 0 Å². The first-order chi connectivity index (χ1) is 13.0. The molecule has 3 rings (SSSR count). The number of amides is 1. The van der Waals surface area contributed by atoms with Crippen molar-refractivity contribution in [3.05, 3.63) is 59.2 Å². The van der Waals surface area contributed by atoms with Gasteiger partial charge in [0.05, 0.1) is 10.2 Å².